The van der Waals surface area contributed by atoms with Gasteiger partial charge in [0.15, 0.2) is 0 Å². The lowest BCUT2D eigenvalue weighted by molar-refractivity contribution is 0.669. The van der Waals surface area contributed by atoms with Crippen molar-refractivity contribution in [2.45, 2.75) is 6.92 Å². The molecule has 0 N–H and O–H groups in total. The summed E-state index contributed by atoms with van der Waals surface area (Å²) >= 11 is 0. The third kappa shape index (κ3) is 1.71. The normalized spacial score (nSPS) is 18.9. The number of hydrogen-bond donors (Lipinski definition) is 0. The summed E-state index contributed by atoms with van der Waals surface area (Å²) in [4.78, 5) is 0. The van der Waals surface area contributed by atoms with E-state index in [9.17, 15) is 0 Å². The Kier molecular flexibility index (Phi) is 1.01. The van der Waals surface area contributed by atoms with Gasteiger partial charge < -0.3 is 4.42 Å². The Balaban J connectivity index is 2.30. The minimum absolute atomic E-state index is 0.0145. The average Bonchev–Trinajstić information content (AvgIpc) is 3.15. The molecule has 20 heavy (non-hydrogen) atoms. The lowest BCUT2D eigenvalue weighted by Crippen LogP contribution is -1.76. The largest absolute Gasteiger partial charge is 0.456 e. The van der Waals surface area contributed by atoms with Crippen LogP contribution in [0.3, 0.4) is 0 Å². The fourth-order valence-electron chi connectivity index (χ4n) is 1.99. The summed E-state index contributed by atoms with van der Waals surface area (Å²) in [5.41, 5.74) is -0.971. The standard InChI is InChI=1S/C19H14O/c1-13-7-9-18-16(11-13)17-12-15(8-10-19(17)20-18)14-5-3-2-4-6-14/h2-12H,1H3/i2D,3D,4D,5D,6D,7D,8D,9D,10D,11D,12D. The van der Waals surface area contributed by atoms with Crippen molar-refractivity contribution in [1.29, 1.82) is 0 Å². The molecule has 0 fully saturated rings. The lowest BCUT2D eigenvalue weighted by atomic mass is 10.0. The van der Waals surface area contributed by atoms with Crippen molar-refractivity contribution in [2.75, 3.05) is 0 Å². The summed E-state index contributed by atoms with van der Waals surface area (Å²) < 4.78 is 95.4. The van der Waals surface area contributed by atoms with Gasteiger partial charge in [-0.25, -0.2) is 0 Å². The molecule has 96 valence electrons. The minimum atomic E-state index is -0.636. The van der Waals surface area contributed by atoms with Crippen LogP contribution in [0.2, 0.25) is 0 Å². The summed E-state index contributed by atoms with van der Waals surface area (Å²) in [6, 6.07) is -5.38. The second-order valence-electron chi connectivity index (χ2n) is 4.26. The van der Waals surface area contributed by atoms with E-state index in [2.05, 4.69) is 0 Å². The predicted octanol–water partition coefficient (Wildman–Crippen LogP) is 5.56. The molecule has 0 bridgehead atoms. The Hall–Kier alpha value is -2.54. The van der Waals surface area contributed by atoms with Crippen LogP contribution in [-0.4, -0.2) is 0 Å². The van der Waals surface area contributed by atoms with Crippen molar-refractivity contribution in [1.82, 2.24) is 0 Å². The van der Waals surface area contributed by atoms with E-state index < -0.39 is 53.9 Å². The summed E-state index contributed by atoms with van der Waals surface area (Å²) in [6.45, 7) is 1.47. The van der Waals surface area contributed by atoms with E-state index >= 15 is 0 Å². The van der Waals surface area contributed by atoms with Crippen molar-refractivity contribution in [3.8, 4) is 11.1 Å². The quantitative estimate of drug-likeness (QED) is 0.441. The molecule has 1 heterocycles. The first-order valence-corrected chi connectivity index (χ1v) is 5.91. The zero-order valence-corrected chi connectivity index (χ0v) is 10.4. The van der Waals surface area contributed by atoms with Crippen LogP contribution in [-0.2, 0) is 0 Å². The third-order valence-electron chi connectivity index (χ3n) is 2.89. The number of rotatable bonds is 1. The highest BCUT2D eigenvalue weighted by Crippen LogP contribution is 2.32. The van der Waals surface area contributed by atoms with Gasteiger partial charge in [0.2, 0.25) is 0 Å². The molecule has 3 aromatic carbocycles. The molecule has 0 radical (unpaired) electrons. The van der Waals surface area contributed by atoms with Crippen LogP contribution in [0.5, 0.6) is 0 Å². The summed E-state index contributed by atoms with van der Waals surface area (Å²) in [5.74, 6) is 0. The summed E-state index contributed by atoms with van der Waals surface area (Å²) in [6.07, 6.45) is 0. The first-order valence-electron chi connectivity index (χ1n) is 11.4. The van der Waals surface area contributed by atoms with Crippen LogP contribution in [0.15, 0.2) is 70.9 Å². The SMILES string of the molecule is [2H]c1c([2H])c([2H])c(-c2c([2H])c([2H])c3oc4c([2H])c([2H])c(C)c([2H])c4c3c2[2H])c([2H])c1[2H]. The number of benzene rings is 3. The molecule has 0 spiro atoms. The maximum atomic E-state index is 8.70. The van der Waals surface area contributed by atoms with Gasteiger partial charge in [0, 0.05) is 10.8 Å². The molecule has 0 aliphatic rings. The van der Waals surface area contributed by atoms with Crippen LogP contribution in [0, 0.1) is 6.92 Å². The number of hydrogen-bond acceptors (Lipinski definition) is 1. The summed E-state index contributed by atoms with van der Waals surface area (Å²) in [7, 11) is 0. The Morgan fingerprint density at radius 2 is 1.45 bits per heavy atom. The van der Waals surface area contributed by atoms with E-state index in [4.69, 9.17) is 19.5 Å². The van der Waals surface area contributed by atoms with Crippen LogP contribution < -0.4 is 0 Å². The van der Waals surface area contributed by atoms with E-state index in [1.54, 1.807) is 0 Å². The molecule has 0 unspecified atom stereocenters. The predicted molar refractivity (Wildman–Crippen MR) is 83.9 cm³/mol. The minimum Gasteiger partial charge on any atom is -0.456 e. The highest BCUT2D eigenvalue weighted by Gasteiger charge is 2.08. The van der Waals surface area contributed by atoms with Crippen molar-refractivity contribution in [3.63, 3.8) is 0 Å². The van der Waals surface area contributed by atoms with Gasteiger partial charge in [0.05, 0.1) is 15.1 Å². The number of fused-ring (bicyclic) bond motifs is 3. The lowest BCUT2D eigenvalue weighted by Gasteiger charge is -2.01. The van der Waals surface area contributed by atoms with Crippen LogP contribution in [0.25, 0.3) is 33.1 Å². The zero-order chi connectivity index (χ0) is 23.1. The highest BCUT2D eigenvalue weighted by atomic mass is 16.3. The molecule has 0 atom stereocenters. The van der Waals surface area contributed by atoms with E-state index in [1.165, 1.54) is 6.92 Å². The molecular weight excluding hydrogens is 244 g/mol. The Bertz CT molecular complexity index is 1420. The second-order valence-corrected chi connectivity index (χ2v) is 4.26. The Morgan fingerprint density at radius 3 is 2.25 bits per heavy atom. The molecule has 1 nitrogen and oxygen atoms in total. The zero-order valence-electron chi connectivity index (χ0n) is 21.4. The fourth-order valence-corrected chi connectivity index (χ4v) is 1.99. The molecule has 1 heteroatoms. The Morgan fingerprint density at radius 1 is 0.750 bits per heavy atom. The first kappa shape index (κ1) is 4.78. The molecule has 1 aromatic heterocycles. The smallest absolute Gasteiger partial charge is 0.135 e. The molecule has 0 amide bonds. The molecule has 0 saturated heterocycles. The van der Waals surface area contributed by atoms with Crippen molar-refractivity contribution < 1.29 is 19.5 Å². The summed E-state index contributed by atoms with van der Waals surface area (Å²) in [5, 5.41) is -0.0555. The van der Waals surface area contributed by atoms with E-state index in [0.717, 1.165) is 0 Å². The second kappa shape index (κ2) is 4.24. The topological polar surface area (TPSA) is 13.1 Å². The van der Waals surface area contributed by atoms with Gasteiger partial charge in [-0.3, -0.25) is 0 Å². The fraction of sp³-hybridized carbons (Fsp3) is 0.0526. The maximum absolute atomic E-state index is 8.70. The molecule has 0 saturated carbocycles. The van der Waals surface area contributed by atoms with E-state index in [1.807, 2.05) is 0 Å². The Labute approximate surface area is 132 Å². The van der Waals surface area contributed by atoms with Gasteiger partial charge in [-0.1, -0.05) is 47.9 Å². The van der Waals surface area contributed by atoms with Crippen molar-refractivity contribution in [2.24, 2.45) is 0 Å². The monoisotopic (exact) mass is 269 g/mol. The van der Waals surface area contributed by atoms with Gasteiger partial charge in [-0.15, -0.1) is 0 Å². The van der Waals surface area contributed by atoms with Crippen LogP contribution in [0.4, 0.5) is 0 Å². The molecule has 4 aromatic rings. The molecule has 0 aliphatic carbocycles. The van der Waals surface area contributed by atoms with Crippen LogP contribution in [0.1, 0.15) is 20.6 Å². The molecular formula is C19H14O. The van der Waals surface area contributed by atoms with E-state index in [-0.39, 0.29) is 51.2 Å². The third-order valence-corrected chi connectivity index (χ3v) is 2.89. The maximum Gasteiger partial charge on any atom is 0.135 e. The molecule has 0 aliphatic heterocycles. The van der Waals surface area contributed by atoms with Crippen LogP contribution >= 0.6 is 0 Å². The average molecular weight is 269 g/mol. The van der Waals surface area contributed by atoms with Gasteiger partial charge in [0.1, 0.15) is 11.2 Å². The highest BCUT2D eigenvalue weighted by molar-refractivity contribution is 6.06. The van der Waals surface area contributed by atoms with Gasteiger partial charge in [0.25, 0.3) is 0 Å². The van der Waals surface area contributed by atoms with Crippen molar-refractivity contribution >= 4 is 21.9 Å². The number of furan rings is 1. The van der Waals surface area contributed by atoms with Gasteiger partial charge in [-0.05, 0) is 42.2 Å². The first-order chi connectivity index (χ1) is 14.4. The molecule has 4 rings (SSSR count). The van der Waals surface area contributed by atoms with Crippen molar-refractivity contribution in [3.05, 3.63) is 72.0 Å². The van der Waals surface area contributed by atoms with Gasteiger partial charge >= 0.3 is 0 Å². The van der Waals surface area contributed by atoms with E-state index in [0.29, 0.717) is 0 Å². The van der Waals surface area contributed by atoms with Gasteiger partial charge in [-0.2, -0.15) is 0 Å².